The predicted octanol–water partition coefficient (Wildman–Crippen LogP) is 8.34. The molecule has 1 saturated heterocycles. The molecule has 1 heterocycles. The van der Waals surface area contributed by atoms with E-state index < -0.39 is 0 Å². The van der Waals surface area contributed by atoms with Crippen LogP contribution in [-0.2, 0) is 10.2 Å². The molecule has 1 aliphatic heterocycles. The summed E-state index contributed by atoms with van der Waals surface area (Å²) in [5, 5.41) is 6.68. The molecule has 3 fully saturated rings. The number of benzene rings is 2. The topological polar surface area (TPSA) is 50.4 Å². The maximum Gasteiger partial charge on any atom is 0.407 e. The molecule has 2 aromatic rings. The average molecular weight is 531 g/mol. The molecule has 0 spiro atoms. The number of ether oxygens (including phenoxy) is 1. The minimum atomic E-state index is -0.286. The summed E-state index contributed by atoms with van der Waals surface area (Å²) in [6.07, 6.45) is 15.9. The summed E-state index contributed by atoms with van der Waals surface area (Å²) in [5.74, 6) is 1.42. The van der Waals surface area contributed by atoms with E-state index in [1.165, 1.54) is 86.5 Å². The molecule has 2 N–H and O–H groups in total. The van der Waals surface area contributed by atoms with E-state index in [0.717, 1.165) is 19.3 Å². The number of hydrogen-bond donors (Lipinski definition) is 2. The van der Waals surface area contributed by atoms with Gasteiger partial charge in [0.1, 0.15) is 6.10 Å². The standard InChI is InChI=1S/C35H50N2O2/c1-3-4-23-36-34(38)39-32-24-33(37-25-32)35(2,30-19-15-28(16-20-30)26-11-7-5-8-12-26)31-21-17-29(18-22-31)27-13-9-6-10-14-27/h15-22,26-27,32-33,37H,3-14,23-25H2,1-2H3,(H,36,38)/t32-,33?/m1/s1. The van der Waals surface area contributed by atoms with Crippen molar-refractivity contribution in [3.05, 3.63) is 70.8 Å². The van der Waals surface area contributed by atoms with E-state index in [1.54, 1.807) is 0 Å². The Morgan fingerprint density at radius 1 is 0.846 bits per heavy atom. The first kappa shape index (κ1) is 28.2. The fourth-order valence-electron chi connectivity index (χ4n) is 7.44. The van der Waals surface area contributed by atoms with Gasteiger partial charge in [0, 0.05) is 31.0 Å². The van der Waals surface area contributed by atoms with Crippen LogP contribution in [0.4, 0.5) is 4.79 Å². The van der Waals surface area contributed by atoms with Crippen molar-refractivity contribution in [3.8, 4) is 0 Å². The van der Waals surface area contributed by atoms with Gasteiger partial charge in [-0.1, -0.05) is 100 Å². The van der Waals surface area contributed by atoms with Crippen LogP contribution in [0.1, 0.15) is 131 Å². The predicted molar refractivity (Wildman–Crippen MR) is 161 cm³/mol. The second-order valence-corrected chi connectivity index (χ2v) is 12.6. The van der Waals surface area contributed by atoms with E-state index in [-0.39, 0.29) is 23.7 Å². The third-order valence-electron chi connectivity index (χ3n) is 10.0. The Hall–Kier alpha value is -2.33. The quantitative estimate of drug-likeness (QED) is 0.320. The fourth-order valence-corrected chi connectivity index (χ4v) is 7.44. The zero-order valence-electron chi connectivity index (χ0n) is 24.4. The molecule has 2 aromatic carbocycles. The van der Waals surface area contributed by atoms with E-state index in [4.69, 9.17) is 4.74 Å². The zero-order valence-corrected chi connectivity index (χ0v) is 24.4. The van der Waals surface area contributed by atoms with Crippen molar-refractivity contribution in [1.82, 2.24) is 10.6 Å². The van der Waals surface area contributed by atoms with Crippen molar-refractivity contribution in [2.75, 3.05) is 13.1 Å². The van der Waals surface area contributed by atoms with Crippen LogP contribution >= 0.6 is 0 Å². The highest BCUT2D eigenvalue weighted by atomic mass is 16.6. The highest BCUT2D eigenvalue weighted by Crippen LogP contribution is 2.42. The van der Waals surface area contributed by atoms with E-state index in [2.05, 4.69) is 73.0 Å². The first-order valence-corrected chi connectivity index (χ1v) is 16.0. The summed E-state index contributed by atoms with van der Waals surface area (Å²) in [4.78, 5) is 12.4. The van der Waals surface area contributed by atoms with Crippen molar-refractivity contribution in [1.29, 1.82) is 0 Å². The van der Waals surface area contributed by atoms with E-state index in [1.807, 2.05) is 0 Å². The molecule has 5 rings (SSSR count). The zero-order chi connectivity index (χ0) is 27.1. The number of rotatable bonds is 9. The molecule has 4 heteroatoms. The Morgan fingerprint density at radius 2 is 1.36 bits per heavy atom. The summed E-state index contributed by atoms with van der Waals surface area (Å²) in [7, 11) is 0. The second-order valence-electron chi connectivity index (χ2n) is 12.6. The molecule has 3 aliphatic rings. The normalized spacial score (nSPS) is 23.0. The molecule has 1 unspecified atom stereocenters. The van der Waals surface area contributed by atoms with Gasteiger partial charge in [-0.15, -0.1) is 0 Å². The van der Waals surface area contributed by atoms with Gasteiger partial charge in [0.2, 0.25) is 0 Å². The first-order valence-electron chi connectivity index (χ1n) is 16.0. The third-order valence-corrected chi connectivity index (χ3v) is 10.0. The van der Waals surface area contributed by atoms with Crippen LogP contribution in [0.2, 0.25) is 0 Å². The lowest BCUT2D eigenvalue weighted by Crippen LogP contribution is -2.44. The third kappa shape index (κ3) is 6.70. The lowest BCUT2D eigenvalue weighted by Gasteiger charge is -2.38. The monoisotopic (exact) mass is 530 g/mol. The van der Waals surface area contributed by atoms with Crippen LogP contribution in [0.5, 0.6) is 0 Å². The molecular weight excluding hydrogens is 480 g/mol. The lowest BCUT2D eigenvalue weighted by atomic mass is 9.69. The summed E-state index contributed by atoms with van der Waals surface area (Å²) in [6.45, 7) is 5.89. The molecule has 0 bridgehead atoms. The maximum atomic E-state index is 12.4. The number of unbranched alkanes of at least 4 members (excludes halogenated alkanes) is 1. The average Bonchev–Trinajstić information content (AvgIpc) is 3.47. The lowest BCUT2D eigenvalue weighted by molar-refractivity contribution is 0.105. The first-order chi connectivity index (χ1) is 19.1. The Kier molecular flexibility index (Phi) is 9.66. The highest BCUT2D eigenvalue weighted by Gasteiger charge is 2.43. The molecule has 212 valence electrons. The number of carbonyl (C=O) groups excluding carboxylic acids is 1. The van der Waals surface area contributed by atoms with E-state index in [9.17, 15) is 4.79 Å². The van der Waals surface area contributed by atoms with E-state index >= 15 is 0 Å². The van der Waals surface area contributed by atoms with Gasteiger partial charge >= 0.3 is 6.09 Å². The minimum absolute atomic E-state index is 0.112. The summed E-state index contributed by atoms with van der Waals surface area (Å²) in [6, 6.07) is 19.3. The van der Waals surface area contributed by atoms with Crippen molar-refractivity contribution >= 4 is 6.09 Å². The van der Waals surface area contributed by atoms with Gasteiger partial charge in [-0.3, -0.25) is 0 Å². The van der Waals surface area contributed by atoms with Gasteiger partial charge in [-0.2, -0.15) is 0 Å². The number of alkyl carbamates (subject to hydrolysis) is 1. The van der Waals surface area contributed by atoms with Crippen LogP contribution in [-0.4, -0.2) is 31.3 Å². The summed E-state index contributed by atoms with van der Waals surface area (Å²) >= 11 is 0. The highest BCUT2D eigenvalue weighted by molar-refractivity contribution is 5.67. The molecule has 0 radical (unpaired) electrons. The van der Waals surface area contributed by atoms with Crippen LogP contribution in [0.15, 0.2) is 48.5 Å². The van der Waals surface area contributed by atoms with Gasteiger partial charge in [0.15, 0.2) is 0 Å². The molecule has 2 atom stereocenters. The van der Waals surface area contributed by atoms with Crippen molar-refractivity contribution in [3.63, 3.8) is 0 Å². The maximum absolute atomic E-state index is 12.4. The molecule has 2 saturated carbocycles. The van der Waals surface area contributed by atoms with Gasteiger partial charge < -0.3 is 15.4 Å². The van der Waals surface area contributed by atoms with Gasteiger partial charge in [-0.05, 0) is 73.1 Å². The number of carbonyl (C=O) groups is 1. The Labute approximate surface area is 236 Å². The largest absolute Gasteiger partial charge is 0.445 e. The Morgan fingerprint density at radius 3 is 1.85 bits per heavy atom. The van der Waals surface area contributed by atoms with Gasteiger partial charge in [-0.25, -0.2) is 4.79 Å². The molecule has 2 aliphatic carbocycles. The van der Waals surface area contributed by atoms with Crippen LogP contribution < -0.4 is 10.6 Å². The van der Waals surface area contributed by atoms with Crippen molar-refractivity contribution in [2.24, 2.45) is 0 Å². The summed E-state index contributed by atoms with van der Waals surface area (Å²) in [5.41, 5.74) is 5.47. The molecule has 4 nitrogen and oxygen atoms in total. The SMILES string of the molecule is CCCCNC(=O)O[C@H]1CNC(C(C)(c2ccc(C3CCCCC3)cc2)c2ccc(C3CCCCC3)cc2)C1. The number of hydrogen-bond acceptors (Lipinski definition) is 3. The van der Waals surface area contributed by atoms with Crippen LogP contribution in [0.25, 0.3) is 0 Å². The Balaban J connectivity index is 1.37. The molecule has 39 heavy (non-hydrogen) atoms. The Bertz CT molecular complexity index is 974. The molecule has 0 aromatic heterocycles. The number of amides is 1. The smallest absolute Gasteiger partial charge is 0.407 e. The van der Waals surface area contributed by atoms with E-state index in [0.29, 0.717) is 24.9 Å². The van der Waals surface area contributed by atoms with Crippen LogP contribution in [0, 0.1) is 0 Å². The van der Waals surface area contributed by atoms with Gasteiger partial charge in [0.25, 0.3) is 0 Å². The van der Waals surface area contributed by atoms with Gasteiger partial charge in [0.05, 0.1) is 0 Å². The van der Waals surface area contributed by atoms with Crippen molar-refractivity contribution < 1.29 is 9.53 Å². The second kappa shape index (κ2) is 13.4. The minimum Gasteiger partial charge on any atom is -0.445 e. The molecule has 1 amide bonds. The van der Waals surface area contributed by atoms with Crippen molar-refractivity contribution in [2.45, 2.75) is 127 Å². The molecular formula is C35H50N2O2. The summed E-state index contributed by atoms with van der Waals surface area (Å²) < 4.78 is 5.84. The number of nitrogens with one attached hydrogen (secondary N) is 2. The van der Waals surface area contributed by atoms with Crippen LogP contribution in [0.3, 0.4) is 0 Å². The fraction of sp³-hybridized carbons (Fsp3) is 0.629.